The first-order valence-corrected chi connectivity index (χ1v) is 6.04. The van der Waals surface area contributed by atoms with Gasteiger partial charge >= 0.3 is 0 Å². The molecule has 5 heteroatoms. The summed E-state index contributed by atoms with van der Waals surface area (Å²) >= 11 is 0. The summed E-state index contributed by atoms with van der Waals surface area (Å²) in [5.74, 6) is 0. The molecule has 3 aromatic rings. The second-order valence-electron chi connectivity index (χ2n) is 4.43. The molecule has 0 radical (unpaired) electrons. The van der Waals surface area contributed by atoms with E-state index in [0.29, 0.717) is 11.1 Å². The van der Waals surface area contributed by atoms with Gasteiger partial charge in [-0.1, -0.05) is 12.1 Å². The molecular formula is C15H11N3O2. The molecule has 0 fully saturated rings. The first kappa shape index (κ1) is 12.1. The van der Waals surface area contributed by atoms with Gasteiger partial charge in [-0.2, -0.15) is 0 Å². The second-order valence-corrected chi connectivity index (χ2v) is 4.43. The van der Waals surface area contributed by atoms with Gasteiger partial charge in [0.2, 0.25) is 0 Å². The molecule has 2 N–H and O–H groups in total. The fraction of sp³-hybridized carbons (Fsp3) is 0. The van der Waals surface area contributed by atoms with E-state index in [1.165, 1.54) is 6.07 Å². The molecule has 0 unspecified atom stereocenters. The lowest BCUT2D eigenvalue weighted by atomic mass is 9.98. The number of nitrogen functional groups attached to an aromatic ring is 1. The Balaban J connectivity index is 2.30. The summed E-state index contributed by atoms with van der Waals surface area (Å²) in [5, 5.41) is 12.4. The molecule has 0 saturated heterocycles. The average molecular weight is 265 g/mol. The third-order valence-electron chi connectivity index (χ3n) is 3.21. The van der Waals surface area contributed by atoms with E-state index >= 15 is 0 Å². The summed E-state index contributed by atoms with van der Waals surface area (Å²) in [6, 6.07) is 12.3. The fourth-order valence-corrected chi connectivity index (χ4v) is 2.25. The number of fused-ring (bicyclic) bond motifs is 1. The number of nitrogens with zero attached hydrogens (tertiary/aromatic N) is 2. The number of pyridine rings is 1. The van der Waals surface area contributed by atoms with Gasteiger partial charge in [0.05, 0.1) is 10.3 Å². The summed E-state index contributed by atoms with van der Waals surface area (Å²) in [5.41, 5.74) is 8.30. The average Bonchev–Trinajstić information content (AvgIpc) is 2.47. The molecule has 0 aliphatic rings. The van der Waals surface area contributed by atoms with Gasteiger partial charge in [0, 0.05) is 29.5 Å². The highest BCUT2D eigenvalue weighted by Gasteiger charge is 2.14. The minimum Gasteiger partial charge on any atom is -0.399 e. The normalized spacial score (nSPS) is 10.6. The molecule has 20 heavy (non-hydrogen) atoms. The Labute approximate surface area is 114 Å². The number of nitro groups is 1. The maximum Gasteiger partial charge on any atom is 0.277 e. The third-order valence-corrected chi connectivity index (χ3v) is 3.21. The Bertz CT molecular complexity index is 798. The zero-order valence-corrected chi connectivity index (χ0v) is 10.5. The van der Waals surface area contributed by atoms with Crippen LogP contribution in [0.25, 0.3) is 21.9 Å². The van der Waals surface area contributed by atoms with Gasteiger partial charge in [0.25, 0.3) is 5.69 Å². The van der Waals surface area contributed by atoms with E-state index in [4.69, 9.17) is 5.73 Å². The fourth-order valence-electron chi connectivity index (χ4n) is 2.25. The van der Waals surface area contributed by atoms with Gasteiger partial charge in [0.15, 0.2) is 0 Å². The van der Waals surface area contributed by atoms with Gasteiger partial charge < -0.3 is 5.73 Å². The molecule has 0 saturated carbocycles. The lowest BCUT2D eigenvalue weighted by Gasteiger charge is -2.07. The van der Waals surface area contributed by atoms with E-state index in [0.717, 1.165) is 16.5 Å². The summed E-state index contributed by atoms with van der Waals surface area (Å²) in [6.45, 7) is 0. The van der Waals surface area contributed by atoms with Crippen LogP contribution in [0.1, 0.15) is 0 Å². The van der Waals surface area contributed by atoms with Crippen LogP contribution < -0.4 is 5.73 Å². The molecule has 98 valence electrons. The predicted octanol–water partition coefficient (Wildman–Crippen LogP) is 3.39. The maximum atomic E-state index is 11.1. The number of benzene rings is 2. The molecule has 2 aromatic carbocycles. The van der Waals surface area contributed by atoms with Crippen molar-refractivity contribution in [3.05, 3.63) is 65.0 Å². The van der Waals surface area contributed by atoms with Crippen LogP contribution in [0.3, 0.4) is 0 Å². The zero-order valence-electron chi connectivity index (χ0n) is 10.5. The maximum absolute atomic E-state index is 11.1. The van der Waals surface area contributed by atoms with Crippen molar-refractivity contribution in [3.63, 3.8) is 0 Å². The van der Waals surface area contributed by atoms with Crippen molar-refractivity contribution in [3.8, 4) is 11.1 Å². The topological polar surface area (TPSA) is 82.0 Å². The number of anilines is 1. The summed E-state index contributed by atoms with van der Waals surface area (Å²) < 4.78 is 0. The molecule has 0 aliphatic carbocycles. The van der Waals surface area contributed by atoms with E-state index in [1.807, 2.05) is 12.1 Å². The van der Waals surface area contributed by atoms with Crippen molar-refractivity contribution < 1.29 is 4.92 Å². The van der Waals surface area contributed by atoms with Gasteiger partial charge in [0.1, 0.15) is 0 Å². The Kier molecular flexibility index (Phi) is 2.80. The van der Waals surface area contributed by atoms with Gasteiger partial charge in [-0.25, -0.2) is 0 Å². The smallest absolute Gasteiger partial charge is 0.277 e. The quantitative estimate of drug-likeness (QED) is 0.437. The van der Waals surface area contributed by atoms with Crippen LogP contribution in [0.2, 0.25) is 0 Å². The van der Waals surface area contributed by atoms with Gasteiger partial charge in [-0.15, -0.1) is 0 Å². The third kappa shape index (κ3) is 1.95. The minimum absolute atomic E-state index is 0.0848. The Hall–Kier alpha value is -2.95. The largest absolute Gasteiger partial charge is 0.399 e. The summed E-state index contributed by atoms with van der Waals surface area (Å²) in [7, 11) is 0. The molecule has 0 amide bonds. The first-order chi connectivity index (χ1) is 9.66. The number of nitro benzene ring substituents is 1. The molecule has 0 aliphatic heterocycles. The van der Waals surface area contributed by atoms with Crippen LogP contribution in [0, 0.1) is 10.1 Å². The SMILES string of the molecule is Nc1ccc(-c2ccc([N+](=O)[O-])c3ccncc23)cc1. The van der Waals surface area contributed by atoms with E-state index < -0.39 is 0 Å². The highest BCUT2D eigenvalue weighted by molar-refractivity contribution is 6.01. The minimum atomic E-state index is -0.380. The standard InChI is InChI=1S/C15H11N3O2/c16-11-3-1-10(2-4-11)12-5-6-15(18(19)20)13-7-8-17-9-14(12)13/h1-9H,16H2. The highest BCUT2D eigenvalue weighted by atomic mass is 16.6. The van der Waals surface area contributed by atoms with Crippen molar-refractivity contribution in [1.82, 2.24) is 4.98 Å². The van der Waals surface area contributed by atoms with Crippen molar-refractivity contribution in [2.24, 2.45) is 0 Å². The van der Waals surface area contributed by atoms with Crippen LogP contribution in [-0.2, 0) is 0 Å². The predicted molar refractivity (Wildman–Crippen MR) is 78.2 cm³/mol. The number of hydrogen-bond donors (Lipinski definition) is 1. The number of aromatic nitrogens is 1. The van der Waals surface area contributed by atoms with Crippen molar-refractivity contribution >= 4 is 22.1 Å². The van der Waals surface area contributed by atoms with Crippen molar-refractivity contribution in [2.45, 2.75) is 0 Å². The van der Waals surface area contributed by atoms with E-state index in [2.05, 4.69) is 4.98 Å². The first-order valence-electron chi connectivity index (χ1n) is 6.04. The van der Waals surface area contributed by atoms with Crippen LogP contribution in [0.5, 0.6) is 0 Å². The van der Waals surface area contributed by atoms with E-state index in [-0.39, 0.29) is 10.6 Å². The molecule has 0 atom stereocenters. The van der Waals surface area contributed by atoms with E-state index in [9.17, 15) is 10.1 Å². The van der Waals surface area contributed by atoms with Crippen LogP contribution in [-0.4, -0.2) is 9.91 Å². The molecule has 0 spiro atoms. The van der Waals surface area contributed by atoms with E-state index in [1.54, 1.807) is 36.7 Å². The molecular weight excluding hydrogens is 254 g/mol. The molecule has 3 rings (SSSR count). The second kappa shape index (κ2) is 4.62. The van der Waals surface area contributed by atoms with Crippen LogP contribution >= 0.6 is 0 Å². The Morgan fingerprint density at radius 3 is 2.45 bits per heavy atom. The monoisotopic (exact) mass is 265 g/mol. The molecule has 5 nitrogen and oxygen atoms in total. The highest BCUT2D eigenvalue weighted by Crippen LogP contribution is 2.33. The van der Waals surface area contributed by atoms with Crippen LogP contribution in [0.15, 0.2) is 54.9 Å². The van der Waals surface area contributed by atoms with Crippen molar-refractivity contribution in [2.75, 3.05) is 5.73 Å². The molecule has 1 heterocycles. The zero-order chi connectivity index (χ0) is 14.1. The van der Waals surface area contributed by atoms with Crippen LogP contribution in [0.4, 0.5) is 11.4 Å². The van der Waals surface area contributed by atoms with Gasteiger partial charge in [-0.05, 0) is 35.4 Å². The number of non-ortho nitro benzene ring substituents is 1. The number of nitrogens with two attached hydrogens (primary N) is 1. The number of rotatable bonds is 2. The number of hydrogen-bond acceptors (Lipinski definition) is 4. The summed E-state index contributed by atoms with van der Waals surface area (Å²) in [4.78, 5) is 14.8. The Morgan fingerprint density at radius 1 is 1.00 bits per heavy atom. The molecule has 1 aromatic heterocycles. The van der Waals surface area contributed by atoms with Gasteiger partial charge in [-0.3, -0.25) is 15.1 Å². The molecule has 0 bridgehead atoms. The lowest BCUT2D eigenvalue weighted by Crippen LogP contribution is -1.92. The van der Waals surface area contributed by atoms with Crippen molar-refractivity contribution in [1.29, 1.82) is 0 Å². The Morgan fingerprint density at radius 2 is 1.75 bits per heavy atom. The summed E-state index contributed by atoms with van der Waals surface area (Å²) in [6.07, 6.45) is 3.20. The lowest BCUT2D eigenvalue weighted by molar-refractivity contribution is -0.383.